The summed E-state index contributed by atoms with van der Waals surface area (Å²) in [4.78, 5) is 12.1. The highest BCUT2D eigenvalue weighted by Crippen LogP contribution is 2.19. The molecule has 3 aromatic heterocycles. The number of hydrogen-bond acceptors (Lipinski definition) is 2. The minimum Gasteiger partial charge on any atom is -0.361 e. The number of aliphatic imine (C=N–C) groups is 1. The number of rotatable bonds is 5. The highest BCUT2D eigenvalue weighted by molar-refractivity contribution is 5.83. The zero-order valence-corrected chi connectivity index (χ0v) is 16.0. The first-order valence-electron chi connectivity index (χ1n) is 9.27. The second-order valence-corrected chi connectivity index (χ2v) is 6.73. The summed E-state index contributed by atoms with van der Waals surface area (Å²) in [6.45, 7) is 3.33. The lowest BCUT2D eigenvalue weighted by Gasteiger charge is -2.10. The van der Waals surface area contributed by atoms with Gasteiger partial charge in [-0.25, -0.2) is 9.37 Å². The summed E-state index contributed by atoms with van der Waals surface area (Å²) in [5.41, 5.74) is 5.05. The number of imidazole rings is 1. The van der Waals surface area contributed by atoms with E-state index in [9.17, 15) is 4.39 Å². The van der Waals surface area contributed by atoms with Gasteiger partial charge in [-0.1, -0.05) is 6.07 Å². The van der Waals surface area contributed by atoms with E-state index < -0.39 is 0 Å². The highest BCUT2D eigenvalue weighted by atomic mass is 19.1. The largest absolute Gasteiger partial charge is 0.361 e. The molecular weight excluding hydrogens is 355 g/mol. The summed E-state index contributed by atoms with van der Waals surface area (Å²) >= 11 is 0. The van der Waals surface area contributed by atoms with E-state index in [4.69, 9.17) is 0 Å². The molecule has 0 aliphatic heterocycles. The molecule has 144 valence electrons. The summed E-state index contributed by atoms with van der Waals surface area (Å²) in [5, 5.41) is 7.51. The van der Waals surface area contributed by atoms with E-state index in [0.717, 1.165) is 39.9 Å². The topological polar surface area (TPSA) is 69.5 Å². The fraction of sp³-hybridized carbons (Fsp3) is 0.238. The summed E-state index contributed by atoms with van der Waals surface area (Å²) < 4.78 is 15.6. The van der Waals surface area contributed by atoms with Crippen molar-refractivity contribution in [2.75, 3.05) is 13.6 Å². The molecule has 4 aromatic rings. The molecular formula is C21H23FN6. The number of guanidine groups is 1. The van der Waals surface area contributed by atoms with Crippen molar-refractivity contribution in [2.24, 2.45) is 4.99 Å². The molecule has 0 saturated carbocycles. The number of aromatic amines is 1. The lowest BCUT2D eigenvalue weighted by atomic mass is 10.1. The van der Waals surface area contributed by atoms with Gasteiger partial charge < -0.3 is 20.0 Å². The number of nitrogens with zero attached hydrogens (tertiary/aromatic N) is 3. The van der Waals surface area contributed by atoms with Crippen LogP contribution in [0, 0.1) is 12.7 Å². The predicted octanol–water partition coefficient (Wildman–Crippen LogP) is 3.17. The van der Waals surface area contributed by atoms with E-state index in [1.165, 1.54) is 6.07 Å². The summed E-state index contributed by atoms with van der Waals surface area (Å²) in [6, 6.07) is 10.9. The van der Waals surface area contributed by atoms with Crippen LogP contribution in [0.15, 0.2) is 53.8 Å². The van der Waals surface area contributed by atoms with Crippen LogP contribution in [0.25, 0.3) is 16.6 Å². The first-order chi connectivity index (χ1) is 13.6. The van der Waals surface area contributed by atoms with Crippen molar-refractivity contribution in [1.29, 1.82) is 0 Å². The Labute approximate surface area is 162 Å². The summed E-state index contributed by atoms with van der Waals surface area (Å²) in [6.07, 6.45) is 4.73. The van der Waals surface area contributed by atoms with Gasteiger partial charge in [0.05, 0.1) is 12.2 Å². The third-order valence-corrected chi connectivity index (χ3v) is 4.82. The van der Waals surface area contributed by atoms with Gasteiger partial charge >= 0.3 is 0 Å². The molecule has 6 nitrogen and oxygen atoms in total. The number of H-pyrrole nitrogens is 1. The van der Waals surface area contributed by atoms with Crippen molar-refractivity contribution in [1.82, 2.24) is 25.0 Å². The molecule has 4 rings (SSSR count). The van der Waals surface area contributed by atoms with Crippen LogP contribution in [-0.4, -0.2) is 33.9 Å². The molecule has 0 saturated heterocycles. The van der Waals surface area contributed by atoms with Crippen LogP contribution in [0.5, 0.6) is 0 Å². The first kappa shape index (κ1) is 18.0. The van der Waals surface area contributed by atoms with Gasteiger partial charge in [-0.05, 0) is 49.2 Å². The number of benzene rings is 1. The van der Waals surface area contributed by atoms with Crippen LogP contribution in [0.2, 0.25) is 0 Å². The van der Waals surface area contributed by atoms with Crippen LogP contribution in [0.1, 0.15) is 17.0 Å². The molecule has 28 heavy (non-hydrogen) atoms. The van der Waals surface area contributed by atoms with Crippen molar-refractivity contribution in [3.05, 3.63) is 71.6 Å². The van der Waals surface area contributed by atoms with Crippen molar-refractivity contribution in [2.45, 2.75) is 19.9 Å². The van der Waals surface area contributed by atoms with Gasteiger partial charge in [-0.3, -0.25) is 4.99 Å². The van der Waals surface area contributed by atoms with E-state index in [0.29, 0.717) is 19.0 Å². The summed E-state index contributed by atoms with van der Waals surface area (Å²) in [5.74, 6) is 0.487. The lowest BCUT2D eigenvalue weighted by molar-refractivity contribution is 0.629. The van der Waals surface area contributed by atoms with Crippen molar-refractivity contribution in [3.8, 4) is 0 Å². The molecule has 0 amide bonds. The van der Waals surface area contributed by atoms with Crippen LogP contribution in [-0.2, 0) is 13.0 Å². The van der Waals surface area contributed by atoms with Gasteiger partial charge in [0.15, 0.2) is 5.96 Å². The number of pyridine rings is 1. The van der Waals surface area contributed by atoms with Gasteiger partial charge in [-0.15, -0.1) is 0 Å². The molecule has 0 aliphatic rings. The Morgan fingerprint density at radius 1 is 1.25 bits per heavy atom. The van der Waals surface area contributed by atoms with Gasteiger partial charge in [-0.2, -0.15) is 0 Å². The normalized spacial score (nSPS) is 12.0. The predicted molar refractivity (Wildman–Crippen MR) is 110 cm³/mol. The zero-order valence-electron chi connectivity index (χ0n) is 16.0. The van der Waals surface area contributed by atoms with Crippen LogP contribution >= 0.6 is 0 Å². The average Bonchev–Trinajstić information content (AvgIpc) is 3.29. The molecule has 0 unspecified atom stereocenters. The smallest absolute Gasteiger partial charge is 0.191 e. The minimum absolute atomic E-state index is 0.221. The summed E-state index contributed by atoms with van der Waals surface area (Å²) in [7, 11) is 1.74. The van der Waals surface area contributed by atoms with Crippen LogP contribution in [0.3, 0.4) is 0 Å². The maximum atomic E-state index is 13.5. The van der Waals surface area contributed by atoms with Gasteiger partial charge in [0.25, 0.3) is 0 Å². The number of nitrogens with one attached hydrogen (secondary N) is 3. The molecule has 0 atom stereocenters. The number of hydrogen-bond donors (Lipinski definition) is 3. The maximum Gasteiger partial charge on any atom is 0.191 e. The molecule has 3 N–H and O–H groups in total. The SMILES string of the molecule is CN=C(NCCc1c[nH]c2ccc(F)cc12)NCc1cn2c(C)cccc2n1. The van der Waals surface area contributed by atoms with Crippen LogP contribution in [0.4, 0.5) is 4.39 Å². The monoisotopic (exact) mass is 378 g/mol. The van der Waals surface area contributed by atoms with E-state index in [1.54, 1.807) is 19.2 Å². The fourth-order valence-electron chi connectivity index (χ4n) is 3.35. The molecule has 3 heterocycles. The van der Waals surface area contributed by atoms with Crippen molar-refractivity contribution in [3.63, 3.8) is 0 Å². The molecule has 0 aliphatic carbocycles. The average molecular weight is 378 g/mol. The van der Waals surface area contributed by atoms with Gasteiger partial charge in [0.2, 0.25) is 0 Å². The van der Waals surface area contributed by atoms with Crippen molar-refractivity contribution < 1.29 is 4.39 Å². The Hall–Kier alpha value is -3.35. The molecule has 0 spiro atoms. The lowest BCUT2D eigenvalue weighted by Crippen LogP contribution is -2.37. The van der Waals surface area contributed by atoms with E-state index in [1.807, 2.05) is 24.5 Å². The van der Waals surface area contributed by atoms with Gasteiger partial charge in [0, 0.05) is 42.6 Å². The van der Waals surface area contributed by atoms with Gasteiger partial charge in [0.1, 0.15) is 11.5 Å². The van der Waals surface area contributed by atoms with E-state index >= 15 is 0 Å². The zero-order chi connectivity index (χ0) is 19.5. The standard InChI is InChI=1S/C21H23FN6/c1-14-4-3-5-20-27-17(13-28(14)20)12-26-21(23-2)24-9-8-15-11-25-19-7-6-16(22)10-18(15)19/h3-7,10-11,13,25H,8-9,12H2,1-2H3,(H2,23,24,26). The number of fused-ring (bicyclic) bond motifs is 2. The fourth-order valence-corrected chi connectivity index (χ4v) is 3.35. The third kappa shape index (κ3) is 3.69. The second-order valence-electron chi connectivity index (χ2n) is 6.73. The Kier molecular flexibility index (Phi) is 4.97. The minimum atomic E-state index is -0.221. The molecule has 7 heteroatoms. The molecule has 0 fully saturated rings. The van der Waals surface area contributed by atoms with E-state index in [2.05, 4.69) is 43.0 Å². The maximum absolute atomic E-state index is 13.5. The van der Waals surface area contributed by atoms with E-state index in [-0.39, 0.29) is 5.82 Å². The Balaban J connectivity index is 1.34. The second kappa shape index (κ2) is 7.72. The highest BCUT2D eigenvalue weighted by Gasteiger charge is 2.07. The molecule has 0 bridgehead atoms. The number of aromatic nitrogens is 3. The van der Waals surface area contributed by atoms with Crippen LogP contribution < -0.4 is 10.6 Å². The number of halogens is 1. The van der Waals surface area contributed by atoms with Crippen molar-refractivity contribution >= 4 is 22.5 Å². The Bertz CT molecular complexity index is 1140. The Morgan fingerprint density at radius 2 is 2.14 bits per heavy atom. The number of aryl methyl sites for hydroxylation is 1. The quantitative estimate of drug-likeness (QED) is 0.369. The Morgan fingerprint density at radius 3 is 2.96 bits per heavy atom. The molecule has 0 radical (unpaired) electrons. The molecule has 1 aromatic carbocycles. The first-order valence-corrected chi connectivity index (χ1v) is 9.27. The third-order valence-electron chi connectivity index (χ3n) is 4.82.